The van der Waals surface area contributed by atoms with Crippen LogP contribution in [0.1, 0.15) is 86.5 Å². The van der Waals surface area contributed by atoms with Gasteiger partial charge in [-0.25, -0.2) is 4.39 Å². The molecule has 2 fully saturated rings. The van der Waals surface area contributed by atoms with Gasteiger partial charge < -0.3 is 16.0 Å². The van der Waals surface area contributed by atoms with Gasteiger partial charge in [-0.15, -0.1) is 0 Å². The second kappa shape index (κ2) is 13.8. The summed E-state index contributed by atoms with van der Waals surface area (Å²) in [6.07, 6.45) is -0.787. The fraction of sp³-hybridized carbons (Fsp3) is 0.571. The number of rotatable bonds is 10. The maximum Gasteiger partial charge on any atom is 0.416 e. The predicted molar refractivity (Wildman–Crippen MR) is 143 cm³/mol. The molecule has 2 aromatic rings. The fourth-order valence-corrected chi connectivity index (χ4v) is 4.30. The van der Waals surface area contributed by atoms with Crippen LogP contribution < -0.4 is 16.0 Å². The van der Waals surface area contributed by atoms with E-state index in [0.29, 0.717) is 6.07 Å². The molecule has 1 aromatic carbocycles. The van der Waals surface area contributed by atoms with Gasteiger partial charge in [0.25, 0.3) is 5.91 Å². The summed E-state index contributed by atoms with van der Waals surface area (Å²) in [5, 5.41) is 9.53. The fourth-order valence-electron chi connectivity index (χ4n) is 4.30. The zero-order valence-electron chi connectivity index (χ0n) is 23.8. The summed E-state index contributed by atoms with van der Waals surface area (Å²) >= 11 is 0. The molecule has 0 bridgehead atoms. The Hall–Kier alpha value is -3.65. The van der Waals surface area contributed by atoms with Crippen molar-refractivity contribution < 1.29 is 45.1 Å². The Morgan fingerprint density at radius 1 is 0.977 bits per heavy atom. The first kappa shape index (κ1) is 33.8. The van der Waals surface area contributed by atoms with Crippen molar-refractivity contribution in [3.8, 4) is 0 Å². The number of aromatic nitrogens is 2. The Kier molecular flexibility index (Phi) is 10.8. The van der Waals surface area contributed by atoms with Gasteiger partial charge in [-0.3, -0.25) is 19.1 Å². The minimum absolute atomic E-state index is 0.116. The number of hydrogen-bond donors (Lipinski definition) is 3. The molecule has 3 N–H and O–H groups in total. The maximum absolute atomic E-state index is 14.5. The van der Waals surface area contributed by atoms with Crippen LogP contribution in [-0.2, 0) is 15.8 Å². The van der Waals surface area contributed by atoms with Crippen molar-refractivity contribution in [2.45, 2.75) is 77.2 Å². The van der Waals surface area contributed by atoms with Crippen molar-refractivity contribution >= 4 is 23.4 Å². The van der Waals surface area contributed by atoms with Crippen LogP contribution in [-0.4, -0.2) is 46.8 Å². The number of amides is 3. The Morgan fingerprint density at radius 2 is 1.58 bits per heavy atom. The lowest BCUT2D eigenvalue weighted by atomic mass is 9.93. The molecule has 0 radical (unpaired) electrons. The summed E-state index contributed by atoms with van der Waals surface area (Å²) in [6, 6.07) is 1.75. The number of alkyl halides is 6. The molecule has 4 rings (SSSR count). The Morgan fingerprint density at radius 3 is 2.09 bits per heavy atom. The van der Waals surface area contributed by atoms with Crippen molar-refractivity contribution in [2.24, 2.45) is 11.8 Å². The van der Waals surface area contributed by atoms with Crippen LogP contribution in [0.25, 0.3) is 0 Å². The van der Waals surface area contributed by atoms with Gasteiger partial charge >= 0.3 is 12.4 Å². The molecule has 2 saturated carbocycles. The summed E-state index contributed by atoms with van der Waals surface area (Å²) in [5.74, 6) is -3.96. The Labute approximate surface area is 243 Å². The third kappa shape index (κ3) is 10.5. The number of hydrogen-bond acceptors (Lipinski definition) is 4. The smallest absolute Gasteiger partial charge is 0.346 e. The highest BCUT2D eigenvalue weighted by Gasteiger charge is 2.38. The number of nitrogens with zero attached hydrogens (tertiary/aromatic N) is 2. The molecular weight excluding hydrogens is 587 g/mol. The molecule has 1 atom stereocenters. The van der Waals surface area contributed by atoms with E-state index in [9.17, 15) is 45.1 Å². The number of carbonyl (C=O) groups excluding carboxylic acids is 3. The molecule has 15 heteroatoms. The van der Waals surface area contributed by atoms with Crippen molar-refractivity contribution in [2.75, 3.05) is 18.4 Å². The second-order valence-corrected chi connectivity index (χ2v) is 11.1. The topological polar surface area (TPSA) is 105 Å². The lowest BCUT2D eigenvalue weighted by Gasteiger charge is -2.20. The highest BCUT2D eigenvalue weighted by atomic mass is 19.4. The average molecular weight is 622 g/mol. The van der Waals surface area contributed by atoms with E-state index in [1.807, 2.05) is 5.32 Å². The van der Waals surface area contributed by atoms with E-state index >= 15 is 0 Å². The summed E-state index contributed by atoms with van der Waals surface area (Å²) < 4.78 is 93.6. The number of benzene rings is 1. The number of halogens is 7. The van der Waals surface area contributed by atoms with Gasteiger partial charge in [0, 0.05) is 12.2 Å². The minimum Gasteiger partial charge on any atom is -0.346 e. The predicted octanol–water partition coefficient (Wildman–Crippen LogP) is 5.97. The average Bonchev–Trinajstić information content (AvgIpc) is 3.85. The van der Waals surface area contributed by atoms with E-state index in [1.54, 1.807) is 46.0 Å². The molecular formula is C28H34F7N5O3. The number of carbonyl (C=O) groups is 3. The second-order valence-electron chi connectivity index (χ2n) is 11.1. The van der Waals surface area contributed by atoms with Gasteiger partial charge in [-0.2, -0.15) is 31.4 Å². The third-order valence-electron chi connectivity index (χ3n) is 6.90. The van der Waals surface area contributed by atoms with E-state index in [-0.39, 0.29) is 17.8 Å². The first-order valence-corrected chi connectivity index (χ1v) is 13.8. The lowest BCUT2D eigenvalue weighted by Crippen LogP contribution is -2.36. The van der Waals surface area contributed by atoms with E-state index in [4.69, 9.17) is 0 Å². The molecule has 1 unspecified atom stereocenters. The molecule has 1 aromatic heterocycles. The van der Waals surface area contributed by atoms with Gasteiger partial charge in [0.15, 0.2) is 0 Å². The van der Waals surface area contributed by atoms with Crippen molar-refractivity contribution in [3.63, 3.8) is 0 Å². The van der Waals surface area contributed by atoms with Crippen LogP contribution in [0, 0.1) is 17.7 Å². The highest BCUT2D eigenvalue weighted by molar-refractivity contribution is 5.98. The molecule has 0 aliphatic heterocycles. The highest BCUT2D eigenvalue weighted by Crippen LogP contribution is 2.44. The van der Waals surface area contributed by atoms with Crippen LogP contribution >= 0.6 is 0 Å². The Balaban J connectivity index is 0.000000620. The molecule has 1 heterocycles. The molecule has 2 aliphatic rings. The summed E-state index contributed by atoms with van der Waals surface area (Å²) in [7, 11) is 0. The minimum atomic E-state index is -5.13. The van der Waals surface area contributed by atoms with Crippen molar-refractivity contribution in [1.29, 1.82) is 0 Å². The number of nitrogens with one attached hydrogen (secondary N) is 3. The molecule has 0 spiro atoms. The zero-order valence-corrected chi connectivity index (χ0v) is 23.8. The quantitative estimate of drug-likeness (QED) is 0.285. The monoisotopic (exact) mass is 621 g/mol. The number of anilines is 1. The van der Waals surface area contributed by atoms with Gasteiger partial charge in [0.1, 0.15) is 18.1 Å². The SMILES string of the molecule is C1CC1CC1CC1.CC(C(=O)NCC(F)(F)F)c1cc(F)c(NC(=O)CNC(=O)c2ccnn2C(C)C)cc1C(F)(F)F. The van der Waals surface area contributed by atoms with Crippen molar-refractivity contribution in [3.05, 3.63) is 47.0 Å². The normalized spacial score (nSPS) is 15.8. The standard InChI is InChI=1S/C21H22F7N5O3.C7H12/c1-10(2)33-16(4-5-31-33)19(36)29-8-17(34)32-15-7-13(21(26,27)28)12(6-14(15)22)11(3)18(35)30-9-20(23,24)25;1-2-6(1)5-7-3-4-7/h4-7,10-11H,8-9H2,1-3H3,(H,29,36)(H,30,35)(H,32,34);6-7H,1-5H2. The van der Waals surface area contributed by atoms with Crippen LogP contribution in [0.3, 0.4) is 0 Å². The lowest BCUT2D eigenvalue weighted by molar-refractivity contribution is -0.141. The van der Waals surface area contributed by atoms with Crippen molar-refractivity contribution in [1.82, 2.24) is 20.4 Å². The Bertz CT molecular complexity index is 1290. The van der Waals surface area contributed by atoms with Crippen LogP contribution in [0.2, 0.25) is 0 Å². The largest absolute Gasteiger partial charge is 0.416 e. The summed E-state index contributed by atoms with van der Waals surface area (Å²) in [6.45, 7) is 1.88. The first-order valence-electron chi connectivity index (χ1n) is 13.8. The van der Waals surface area contributed by atoms with Crippen LogP contribution in [0.15, 0.2) is 24.4 Å². The van der Waals surface area contributed by atoms with Crippen LogP contribution in [0.4, 0.5) is 36.4 Å². The third-order valence-corrected chi connectivity index (χ3v) is 6.90. The summed E-state index contributed by atoms with van der Waals surface area (Å²) in [4.78, 5) is 36.4. The van der Waals surface area contributed by atoms with E-state index < -0.39 is 71.7 Å². The maximum atomic E-state index is 14.5. The van der Waals surface area contributed by atoms with Gasteiger partial charge in [0.05, 0.1) is 23.7 Å². The molecule has 8 nitrogen and oxygen atoms in total. The summed E-state index contributed by atoms with van der Waals surface area (Å²) in [5.41, 5.74) is -3.24. The molecule has 238 valence electrons. The van der Waals surface area contributed by atoms with E-state index in [2.05, 4.69) is 10.4 Å². The van der Waals surface area contributed by atoms with Gasteiger partial charge in [0.2, 0.25) is 11.8 Å². The van der Waals surface area contributed by atoms with Gasteiger partial charge in [-0.1, -0.05) is 25.7 Å². The van der Waals surface area contributed by atoms with E-state index in [0.717, 1.165) is 6.92 Å². The molecule has 0 saturated heterocycles. The van der Waals surface area contributed by atoms with Gasteiger partial charge in [-0.05, 0) is 62.8 Å². The molecule has 3 amide bonds. The molecule has 43 heavy (non-hydrogen) atoms. The molecule has 2 aliphatic carbocycles. The van der Waals surface area contributed by atoms with Crippen LogP contribution in [0.5, 0.6) is 0 Å². The first-order chi connectivity index (χ1) is 20.0. The zero-order chi connectivity index (χ0) is 32.1. The van der Waals surface area contributed by atoms with E-state index in [1.165, 1.54) is 34.1 Å².